The van der Waals surface area contributed by atoms with Crippen LogP contribution in [0.4, 0.5) is 0 Å². The fourth-order valence-corrected chi connectivity index (χ4v) is 2.87. The number of carbonyl (C=O) groups is 1. The lowest BCUT2D eigenvalue weighted by atomic mass is 10.3. The van der Waals surface area contributed by atoms with Crippen molar-refractivity contribution >= 4 is 33.0 Å². The zero-order valence-electron chi connectivity index (χ0n) is 9.01. The molecular weight excluding hydrogens is 304 g/mol. The van der Waals surface area contributed by atoms with Gasteiger partial charge in [0.05, 0.1) is 11.1 Å². The van der Waals surface area contributed by atoms with Crippen molar-refractivity contribution in [1.82, 2.24) is 9.78 Å². The van der Waals surface area contributed by atoms with Crippen LogP contribution in [0.3, 0.4) is 0 Å². The Balaban J connectivity index is 2.25. The minimum atomic E-state index is -0.258. The summed E-state index contributed by atoms with van der Waals surface area (Å²) >= 11 is 4.64. The van der Waals surface area contributed by atoms with E-state index >= 15 is 0 Å². The molecule has 0 aliphatic carbocycles. The number of aromatic nitrogens is 2. The topological polar surface area (TPSA) is 52.0 Å². The maximum Gasteiger partial charge on any atom is 0.267 e. The minimum absolute atomic E-state index is 0.0295. The largest absolute Gasteiger partial charge is 0.291 e. The summed E-state index contributed by atoms with van der Waals surface area (Å²) in [7, 11) is 0. The van der Waals surface area contributed by atoms with E-state index in [9.17, 15) is 9.59 Å². The van der Waals surface area contributed by atoms with Crippen LogP contribution in [0.1, 0.15) is 15.2 Å². The first-order chi connectivity index (χ1) is 8.08. The van der Waals surface area contributed by atoms with Crippen molar-refractivity contribution in [3.8, 4) is 0 Å². The maximum absolute atomic E-state index is 11.9. The predicted molar refractivity (Wildman–Crippen MR) is 69.6 cm³/mol. The Bertz CT molecular complexity index is 618. The van der Waals surface area contributed by atoms with E-state index in [1.807, 2.05) is 11.4 Å². The van der Waals surface area contributed by atoms with E-state index in [4.69, 9.17) is 0 Å². The number of halogens is 1. The third-order valence-corrected chi connectivity index (χ3v) is 4.05. The van der Waals surface area contributed by atoms with E-state index in [0.717, 1.165) is 10.0 Å². The Morgan fingerprint density at radius 2 is 2.35 bits per heavy atom. The molecule has 0 atom stereocenters. The molecule has 4 nitrogen and oxygen atoms in total. The second-order valence-corrected chi connectivity index (χ2v) is 5.32. The van der Waals surface area contributed by atoms with E-state index in [-0.39, 0.29) is 17.9 Å². The normalized spacial score (nSPS) is 10.5. The Kier molecular flexibility index (Phi) is 3.54. The first-order valence-corrected chi connectivity index (χ1v) is 6.55. The van der Waals surface area contributed by atoms with Gasteiger partial charge in [0, 0.05) is 10.5 Å². The third kappa shape index (κ3) is 2.70. The van der Waals surface area contributed by atoms with Crippen LogP contribution in [0.2, 0.25) is 0 Å². The predicted octanol–water partition coefficient (Wildman–Crippen LogP) is 2.26. The molecule has 0 aromatic carbocycles. The smallest absolute Gasteiger partial charge is 0.267 e. The highest BCUT2D eigenvalue weighted by molar-refractivity contribution is 9.10. The quantitative estimate of drug-likeness (QED) is 0.817. The van der Waals surface area contributed by atoms with E-state index in [1.165, 1.54) is 22.1 Å². The molecule has 6 heteroatoms. The molecule has 2 aromatic rings. The Hall–Kier alpha value is -1.27. The maximum atomic E-state index is 11.9. The summed E-state index contributed by atoms with van der Waals surface area (Å²) in [4.78, 5) is 24.1. The van der Waals surface area contributed by atoms with Crippen LogP contribution in [0.5, 0.6) is 0 Å². The van der Waals surface area contributed by atoms with Gasteiger partial charge >= 0.3 is 0 Å². The lowest BCUT2D eigenvalue weighted by Gasteiger charge is -2.02. The van der Waals surface area contributed by atoms with Gasteiger partial charge in [-0.05, 0) is 39.9 Å². The molecule has 0 bridgehead atoms. The molecule has 0 aliphatic heterocycles. The van der Waals surface area contributed by atoms with Gasteiger partial charge < -0.3 is 0 Å². The van der Waals surface area contributed by atoms with Crippen molar-refractivity contribution in [2.45, 2.75) is 13.5 Å². The van der Waals surface area contributed by atoms with Crippen molar-refractivity contribution in [1.29, 1.82) is 0 Å². The molecule has 0 N–H and O–H groups in total. The molecule has 17 heavy (non-hydrogen) atoms. The van der Waals surface area contributed by atoms with Gasteiger partial charge in [-0.2, -0.15) is 5.10 Å². The molecule has 0 unspecified atom stereocenters. The van der Waals surface area contributed by atoms with E-state index in [2.05, 4.69) is 21.0 Å². The zero-order chi connectivity index (χ0) is 12.4. The molecular formula is C11H9BrN2O2S. The first kappa shape index (κ1) is 12.2. The number of rotatable bonds is 3. The van der Waals surface area contributed by atoms with Crippen LogP contribution >= 0.6 is 27.3 Å². The first-order valence-electron chi connectivity index (χ1n) is 4.88. The zero-order valence-corrected chi connectivity index (χ0v) is 11.4. The summed E-state index contributed by atoms with van der Waals surface area (Å²) in [5.41, 5.74) is 0.530. The average Bonchev–Trinajstić information content (AvgIpc) is 2.68. The van der Waals surface area contributed by atoms with E-state index < -0.39 is 0 Å². The monoisotopic (exact) mass is 312 g/mol. The van der Waals surface area contributed by atoms with Crippen LogP contribution in [0, 0.1) is 6.92 Å². The summed E-state index contributed by atoms with van der Waals surface area (Å²) < 4.78 is 1.93. The van der Waals surface area contributed by atoms with Crippen molar-refractivity contribution in [2.75, 3.05) is 0 Å². The average molecular weight is 313 g/mol. The molecule has 2 rings (SSSR count). The van der Waals surface area contributed by atoms with Gasteiger partial charge in [0.2, 0.25) is 0 Å². The Labute approximate surface area is 110 Å². The second kappa shape index (κ2) is 4.93. The number of aryl methyl sites for hydroxylation is 1. The standard InChI is InChI=1S/C11H9BrN2O2S/c1-7-4-10(16)14(13-5-7)6-9(15)11-8(12)2-3-17-11/h2-5H,6H2,1H3. The summed E-state index contributed by atoms with van der Waals surface area (Å²) in [5.74, 6) is -0.120. The molecule has 0 spiro atoms. The Morgan fingerprint density at radius 3 is 2.94 bits per heavy atom. The summed E-state index contributed by atoms with van der Waals surface area (Å²) in [5, 5.41) is 5.75. The van der Waals surface area contributed by atoms with Gasteiger partial charge in [-0.1, -0.05) is 0 Å². The molecule has 88 valence electrons. The van der Waals surface area contributed by atoms with Gasteiger partial charge in [-0.15, -0.1) is 11.3 Å². The minimum Gasteiger partial charge on any atom is -0.291 e. The van der Waals surface area contributed by atoms with Gasteiger partial charge in [0.1, 0.15) is 6.54 Å². The lowest BCUT2D eigenvalue weighted by Crippen LogP contribution is -2.26. The van der Waals surface area contributed by atoms with E-state index in [0.29, 0.717) is 4.88 Å². The summed E-state index contributed by atoms with van der Waals surface area (Å²) in [6.07, 6.45) is 1.57. The van der Waals surface area contributed by atoms with Crippen molar-refractivity contribution < 1.29 is 4.79 Å². The number of ketones is 1. The lowest BCUT2D eigenvalue weighted by molar-refractivity contribution is 0.0969. The molecule has 0 saturated heterocycles. The van der Waals surface area contributed by atoms with Crippen LogP contribution in [0.25, 0.3) is 0 Å². The van der Waals surface area contributed by atoms with Crippen LogP contribution < -0.4 is 5.56 Å². The number of carbonyl (C=O) groups excluding carboxylic acids is 1. The molecule has 2 aromatic heterocycles. The fraction of sp³-hybridized carbons (Fsp3) is 0.182. The van der Waals surface area contributed by atoms with Crippen LogP contribution in [0.15, 0.2) is 33.0 Å². The van der Waals surface area contributed by atoms with Gasteiger partial charge in [0.15, 0.2) is 5.78 Å². The van der Waals surface area contributed by atoms with Crippen LogP contribution in [-0.2, 0) is 6.54 Å². The van der Waals surface area contributed by atoms with E-state index in [1.54, 1.807) is 13.1 Å². The number of hydrogen-bond donors (Lipinski definition) is 0. The summed E-state index contributed by atoms with van der Waals surface area (Å²) in [6.45, 7) is 1.76. The fourth-order valence-electron chi connectivity index (χ4n) is 1.34. The van der Waals surface area contributed by atoms with Gasteiger partial charge in [0.25, 0.3) is 5.56 Å². The van der Waals surface area contributed by atoms with Gasteiger partial charge in [-0.3, -0.25) is 9.59 Å². The number of Topliss-reactive ketones (excluding diaryl/α,β-unsaturated/α-hetero) is 1. The number of nitrogens with zero attached hydrogens (tertiary/aromatic N) is 2. The summed E-state index contributed by atoms with van der Waals surface area (Å²) in [6, 6.07) is 3.27. The van der Waals surface area contributed by atoms with Crippen molar-refractivity contribution in [2.24, 2.45) is 0 Å². The second-order valence-electron chi connectivity index (χ2n) is 3.55. The van der Waals surface area contributed by atoms with Crippen molar-refractivity contribution in [3.05, 3.63) is 49.0 Å². The molecule has 2 heterocycles. The van der Waals surface area contributed by atoms with Crippen molar-refractivity contribution in [3.63, 3.8) is 0 Å². The third-order valence-electron chi connectivity index (χ3n) is 2.17. The molecule has 0 radical (unpaired) electrons. The highest BCUT2D eigenvalue weighted by atomic mass is 79.9. The highest BCUT2D eigenvalue weighted by Gasteiger charge is 2.13. The Morgan fingerprint density at radius 1 is 1.59 bits per heavy atom. The molecule has 0 amide bonds. The number of thiophene rings is 1. The highest BCUT2D eigenvalue weighted by Crippen LogP contribution is 2.23. The molecule has 0 fully saturated rings. The molecule has 0 saturated carbocycles. The molecule has 0 aliphatic rings. The van der Waals surface area contributed by atoms with Gasteiger partial charge in [-0.25, -0.2) is 4.68 Å². The number of hydrogen-bond acceptors (Lipinski definition) is 4. The van der Waals surface area contributed by atoms with Crippen LogP contribution in [-0.4, -0.2) is 15.6 Å². The SMILES string of the molecule is Cc1cnn(CC(=O)c2sccc2Br)c(=O)c1.